The van der Waals surface area contributed by atoms with Crippen LogP contribution in [-0.2, 0) is 18.8 Å². The minimum absolute atomic E-state index is 0.0833. The Balaban J connectivity index is 0. The normalized spacial score (nSPS) is 13.3. The van der Waals surface area contributed by atoms with Gasteiger partial charge in [0, 0.05) is 0 Å². The molecule has 5 nitrogen and oxygen atoms in total. The van der Waals surface area contributed by atoms with E-state index in [9.17, 15) is 26.4 Å². The van der Waals surface area contributed by atoms with Gasteiger partial charge in [-0.25, -0.2) is 0 Å². The SMILES string of the molecule is CC(C)[Si](OS(=O)(=O)C(F)(F)F)(C(C)C)C(C)C.NC(=O)CCl. The molecule has 1 amide bonds. The third-order valence-corrected chi connectivity index (χ3v) is 11.7. The lowest BCUT2D eigenvalue weighted by Crippen LogP contribution is -2.51. The van der Waals surface area contributed by atoms with E-state index < -0.39 is 29.9 Å². The number of amides is 1. The van der Waals surface area contributed by atoms with E-state index in [0.29, 0.717) is 0 Å². The van der Waals surface area contributed by atoms with Gasteiger partial charge in [-0.2, -0.15) is 21.6 Å². The molecule has 0 radical (unpaired) electrons. The molecule has 23 heavy (non-hydrogen) atoms. The molecule has 0 aromatic rings. The maximum atomic E-state index is 12.5. The summed E-state index contributed by atoms with van der Waals surface area (Å²) in [6, 6.07) is 0. The zero-order valence-electron chi connectivity index (χ0n) is 14.1. The van der Waals surface area contributed by atoms with E-state index in [0.717, 1.165) is 0 Å². The molecule has 0 aliphatic carbocycles. The van der Waals surface area contributed by atoms with Crippen LogP contribution < -0.4 is 5.73 Å². The van der Waals surface area contributed by atoms with Gasteiger partial charge in [-0.1, -0.05) is 41.5 Å². The zero-order valence-corrected chi connectivity index (χ0v) is 16.6. The highest BCUT2D eigenvalue weighted by Gasteiger charge is 2.56. The summed E-state index contributed by atoms with van der Waals surface area (Å²) < 4.78 is 64.7. The maximum Gasteiger partial charge on any atom is 0.522 e. The molecular weight excluding hydrogens is 375 g/mol. The van der Waals surface area contributed by atoms with Crippen molar-refractivity contribution in [3.63, 3.8) is 0 Å². The molecule has 2 N–H and O–H groups in total. The second-order valence-electron chi connectivity index (χ2n) is 5.90. The van der Waals surface area contributed by atoms with Crippen LogP contribution in [0.1, 0.15) is 41.5 Å². The van der Waals surface area contributed by atoms with E-state index >= 15 is 0 Å². The van der Waals surface area contributed by atoms with E-state index in [4.69, 9.17) is 15.5 Å². The van der Waals surface area contributed by atoms with Crippen molar-refractivity contribution in [2.45, 2.75) is 63.7 Å². The van der Waals surface area contributed by atoms with Crippen molar-refractivity contribution in [2.24, 2.45) is 5.73 Å². The molecule has 0 rings (SSSR count). The number of alkyl halides is 4. The van der Waals surface area contributed by atoms with Gasteiger partial charge in [-0.15, -0.1) is 11.6 Å². The van der Waals surface area contributed by atoms with Gasteiger partial charge in [-0.05, 0) is 16.6 Å². The molecule has 0 unspecified atom stereocenters. The van der Waals surface area contributed by atoms with Crippen LogP contribution in [0.5, 0.6) is 0 Å². The molecule has 0 aliphatic heterocycles. The van der Waals surface area contributed by atoms with Gasteiger partial charge >= 0.3 is 15.6 Å². The number of halogens is 4. The Labute approximate surface area is 142 Å². The highest BCUT2D eigenvalue weighted by Crippen LogP contribution is 2.45. The van der Waals surface area contributed by atoms with Crippen LogP contribution in [0.15, 0.2) is 0 Å². The van der Waals surface area contributed by atoms with Gasteiger partial charge in [0.2, 0.25) is 14.2 Å². The summed E-state index contributed by atoms with van der Waals surface area (Å²) >= 11 is 4.86. The quantitative estimate of drug-likeness (QED) is 0.418. The summed E-state index contributed by atoms with van der Waals surface area (Å²) in [6.07, 6.45) is 0. The van der Waals surface area contributed by atoms with Crippen LogP contribution in [0.2, 0.25) is 16.6 Å². The van der Waals surface area contributed by atoms with Crippen LogP contribution >= 0.6 is 11.6 Å². The van der Waals surface area contributed by atoms with Crippen LogP contribution in [-0.4, -0.2) is 34.0 Å². The van der Waals surface area contributed by atoms with Crippen molar-refractivity contribution in [1.29, 1.82) is 0 Å². The molecule has 0 atom stereocenters. The van der Waals surface area contributed by atoms with Crippen molar-refractivity contribution in [2.75, 3.05) is 5.88 Å². The summed E-state index contributed by atoms with van der Waals surface area (Å²) in [6.45, 7) is 10.3. The number of primary amides is 1. The van der Waals surface area contributed by atoms with Gasteiger partial charge < -0.3 is 9.61 Å². The molecule has 0 aromatic carbocycles. The topological polar surface area (TPSA) is 86.5 Å². The monoisotopic (exact) mass is 399 g/mol. The fourth-order valence-electron chi connectivity index (χ4n) is 2.53. The van der Waals surface area contributed by atoms with E-state index in [1.54, 1.807) is 41.5 Å². The van der Waals surface area contributed by atoms with E-state index in [2.05, 4.69) is 5.73 Å². The van der Waals surface area contributed by atoms with E-state index in [-0.39, 0.29) is 22.5 Å². The molecular formula is C12H25ClF3NO4SSi. The summed E-state index contributed by atoms with van der Waals surface area (Å²) in [5.74, 6) is -0.563. The lowest BCUT2D eigenvalue weighted by Gasteiger charge is -2.40. The van der Waals surface area contributed by atoms with Crippen LogP contribution in [0.25, 0.3) is 0 Å². The average molecular weight is 400 g/mol. The van der Waals surface area contributed by atoms with Gasteiger partial charge in [0.25, 0.3) is 0 Å². The number of hydrogen-bond acceptors (Lipinski definition) is 4. The van der Waals surface area contributed by atoms with Crippen molar-refractivity contribution in [3.05, 3.63) is 0 Å². The van der Waals surface area contributed by atoms with Gasteiger partial charge in [-0.3, -0.25) is 4.79 Å². The molecule has 0 aromatic heterocycles. The van der Waals surface area contributed by atoms with Crippen molar-refractivity contribution < 1.29 is 30.3 Å². The summed E-state index contributed by atoms with van der Waals surface area (Å²) in [5, 5.41) is 0. The largest absolute Gasteiger partial charge is 0.522 e. The lowest BCUT2D eigenvalue weighted by atomic mass is 10.5. The highest BCUT2D eigenvalue weighted by atomic mass is 35.5. The summed E-state index contributed by atoms with van der Waals surface area (Å²) in [4.78, 5) is 9.46. The zero-order chi connectivity index (χ0) is 19.2. The molecule has 0 fully saturated rings. The molecule has 0 saturated heterocycles. The average Bonchev–Trinajstić information content (AvgIpc) is 2.33. The summed E-state index contributed by atoms with van der Waals surface area (Å²) in [7, 11) is -8.61. The Hall–Kier alpha value is -0.323. The molecule has 0 bridgehead atoms. The predicted octanol–water partition coefficient (Wildman–Crippen LogP) is 3.74. The molecule has 0 aliphatic rings. The first-order valence-corrected chi connectivity index (χ1v) is 11.0. The molecule has 0 heterocycles. The summed E-state index contributed by atoms with van der Waals surface area (Å²) in [5.41, 5.74) is -1.52. The molecule has 0 spiro atoms. The highest BCUT2D eigenvalue weighted by molar-refractivity contribution is 7.88. The Kier molecular flexibility index (Phi) is 10.0. The first-order valence-electron chi connectivity index (χ1n) is 6.92. The first kappa shape index (κ1) is 24.9. The molecule has 11 heteroatoms. The minimum Gasteiger partial charge on any atom is -0.369 e. The van der Waals surface area contributed by atoms with Crippen molar-refractivity contribution >= 4 is 35.9 Å². The van der Waals surface area contributed by atoms with Gasteiger partial charge in [0.1, 0.15) is 5.88 Å². The smallest absolute Gasteiger partial charge is 0.369 e. The van der Waals surface area contributed by atoms with Crippen LogP contribution in [0, 0.1) is 0 Å². The Morgan fingerprint density at radius 1 is 1.09 bits per heavy atom. The second-order valence-corrected chi connectivity index (χ2v) is 13.4. The second kappa shape index (κ2) is 9.24. The first-order chi connectivity index (χ1) is 10.1. The number of carbonyl (C=O) groups excluding carboxylic acids is 1. The number of rotatable bonds is 6. The molecule has 140 valence electrons. The predicted molar refractivity (Wildman–Crippen MR) is 87.0 cm³/mol. The fourth-order valence-corrected chi connectivity index (χ4v) is 10.7. The molecule has 0 saturated carbocycles. The van der Waals surface area contributed by atoms with Crippen LogP contribution in [0.3, 0.4) is 0 Å². The van der Waals surface area contributed by atoms with E-state index in [1.807, 2.05) is 0 Å². The lowest BCUT2D eigenvalue weighted by molar-refractivity contribution is -0.115. The Bertz CT molecular complexity index is 459. The number of nitrogens with two attached hydrogens (primary N) is 1. The van der Waals surface area contributed by atoms with Crippen LogP contribution in [0.4, 0.5) is 13.2 Å². The third kappa shape index (κ3) is 6.98. The van der Waals surface area contributed by atoms with Crippen molar-refractivity contribution in [3.8, 4) is 0 Å². The minimum atomic E-state index is -5.53. The Morgan fingerprint density at radius 2 is 1.35 bits per heavy atom. The van der Waals surface area contributed by atoms with Gasteiger partial charge in [0.15, 0.2) is 0 Å². The number of hydrogen-bond donors (Lipinski definition) is 1. The standard InChI is InChI=1S/C10H21F3O3SSi.C2H4ClNO/c1-7(2)18(8(3)4,9(5)6)16-17(14,15)10(11,12)13;3-1-2(4)5/h7-9H,1-6H3;1H2,(H2,4,5). The van der Waals surface area contributed by atoms with Gasteiger partial charge in [0.05, 0.1) is 0 Å². The number of carbonyl (C=O) groups is 1. The Morgan fingerprint density at radius 3 is 1.48 bits per heavy atom. The van der Waals surface area contributed by atoms with E-state index in [1.165, 1.54) is 0 Å². The van der Waals surface area contributed by atoms with Crippen molar-refractivity contribution in [1.82, 2.24) is 0 Å². The fraction of sp³-hybridized carbons (Fsp3) is 0.917. The third-order valence-electron chi connectivity index (χ3n) is 3.38. The maximum absolute atomic E-state index is 12.5.